The van der Waals surface area contributed by atoms with Crippen LogP contribution in [0.25, 0.3) is 0 Å². The molecule has 2 nitrogen and oxygen atoms in total. The molecule has 0 bridgehead atoms. The fourth-order valence-corrected chi connectivity index (χ4v) is 1.58. The summed E-state index contributed by atoms with van der Waals surface area (Å²) in [4.78, 5) is 0. The summed E-state index contributed by atoms with van der Waals surface area (Å²) >= 11 is 0. The SMILES string of the molecule is C[C@H]1C[C@@H](c2ccccc2)OCO1. The highest BCUT2D eigenvalue weighted by Crippen LogP contribution is 2.26. The van der Waals surface area contributed by atoms with Crippen molar-refractivity contribution in [3.8, 4) is 0 Å². The Labute approximate surface area is 78.5 Å². The highest BCUT2D eigenvalue weighted by Gasteiger charge is 2.20. The molecule has 0 amide bonds. The summed E-state index contributed by atoms with van der Waals surface area (Å²) in [6.45, 7) is 2.50. The van der Waals surface area contributed by atoms with E-state index in [9.17, 15) is 0 Å². The third-order valence-electron chi connectivity index (χ3n) is 2.34. The van der Waals surface area contributed by atoms with Crippen molar-refractivity contribution in [3.63, 3.8) is 0 Å². The molecule has 13 heavy (non-hydrogen) atoms. The summed E-state index contributed by atoms with van der Waals surface area (Å²) in [7, 11) is 0. The van der Waals surface area contributed by atoms with Crippen molar-refractivity contribution in [2.75, 3.05) is 6.79 Å². The Balaban J connectivity index is 2.08. The zero-order valence-electron chi connectivity index (χ0n) is 7.77. The highest BCUT2D eigenvalue weighted by atomic mass is 16.7. The van der Waals surface area contributed by atoms with E-state index in [2.05, 4.69) is 19.1 Å². The van der Waals surface area contributed by atoms with Crippen LogP contribution in [0.3, 0.4) is 0 Å². The van der Waals surface area contributed by atoms with Gasteiger partial charge in [-0.1, -0.05) is 30.3 Å². The number of ether oxygens (including phenoxy) is 2. The molecule has 0 unspecified atom stereocenters. The molecule has 0 aliphatic carbocycles. The zero-order valence-corrected chi connectivity index (χ0v) is 7.77. The maximum absolute atomic E-state index is 5.51. The molecule has 0 saturated carbocycles. The lowest BCUT2D eigenvalue weighted by Crippen LogP contribution is -2.23. The first-order valence-corrected chi connectivity index (χ1v) is 4.64. The molecule has 1 aromatic carbocycles. The van der Waals surface area contributed by atoms with E-state index in [0.717, 1.165) is 6.42 Å². The van der Waals surface area contributed by atoms with Gasteiger partial charge in [0.05, 0.1) is 12.2 Å². The molecule has 2 atom stereocenters. The van der Waals surface area contributed by atoms with Crippen LogP contribution in [0.4, 0.5) is 0 Å². The first-order valence-electron chi connectivity index (χ1n) is 4.64. The van der Waals surface area contributed by atoms with Gasteiger partial charge in [0, 0.05) is 6.42 Å². The maximum Gasteiger partial charge on any atom is 0.147 e. The molecule has 1 aromatic rings. The molecular formula is C11H14O2. The first-order chi connectivity index (χ1) is 6.36. The summed E-state index contributed by atoms with van der Waals surface area (Å²) in [5.74, 6) is 0. The smallest absolute Gasteiger partial charge is 0.147 e. The second-order valence-corrected chi connectivity index (χ2v) is 3.40. The van der Waals surface area contributed by atoms with Crippen LogP contribution >= 0.6 is 0 Å². The minimum Gasteiger partial charge on any atom is -0.352 e. The van der Waals surface area contributed by atoms with E-state index in [0.29, 0.717) is 12.9 Å². The summed E-state index contributed by atoms with van der Waals surface area (Å²) in [5.41, 5.74) is 1.25. The van der Waals surface area contributed by atoms with E-state index in [1.54, 1.807) is 0 Å². The Kier molecular flexibility index (Phi) is 2.62. The number of benzene rings is 1. The van der Waals surface area contributed by atoms with Crippen LogP contribution in [0.1, 0.15) is 25.0 Å². The van der Waals surface area contributed by atoms with Gasteiger partial charge in [0.25, 0.3) is 0 Å². The van der Waals surface area contributed by atoms with Gasteiger partial charge >= 0.3 is 0 Å². The van der Waals surface area contributed by atoms with Crippen molar-refractivity contribution < 1.29 is 9.47 Å². The van der Waals surface area contributed by atoms with Gasteiger partial charge in [0.1, 0.15) is 6.79 Å². The Bertz CT molecular complexity index is 258. The van der Waals surface area contributed by atoms with Crippen LogP contribution in [-0.2, 0) is 9.47 Å². The number of rotatable bonds is 1. The lowest BCUT2D eigenvalue weighted by atomic mass is 10.0. The van der Waals surface area contributed by atoms with Gasteiger partial charge in [-0.25, -0.2) is 0 Å². The molecular weight excluding hydrogens is 164 g/mol. The van der Waals surface area contributed by atoms with Crippen LogP contribution in [0.5, 0.6) is 0 Å². The minimum absolute atomic E-state index is 0.213. The Morgan fingerprint density at radius 2 is 1.92 bits per heavy atom. The van der Waals surface area contributed by atoms with Crippen LogP contribution in [0.2, 0.25) is 0 Å². The van der Waals surface area contributed by atoms with Gasteiger partial charge in [0.2, 0.25) is 0 Å². The lowest BCUT2D eigenvalue weighted by Gasteiger charge is -2.27. The Morgan fingerprint density at radius 3 is 2.62 bits per heavy atom. The van der Waals surface area contributed by atoms with Crippen molar-refractivity contribution in [1.82, 2.24) is 0 Å². The Hall–Kier alpha value is -0.860. The van der Waals surface area contributed by atoms with E-state index in [4.69, 9.17) is 9.47 Å². The van der Waals surface area contributed by atoms with E-state index >= 15 is 0 Å². The molecule has 0 N–H and O–H groups in total. The molecule has 1 saturated heterocycles. The lowest BCUT2D eigenvalue weighted by molar-refractivity contribution is -0.172. The van der Waals surface area contributed by atoms with Gasteiger partial charge in [0.15, 0.2) is 0 Å². The maximum atomic E-state index is 5.51. The summed E-state index contributed by atoms with van der Waals surface area (Å²) in [5, 5.41) is 0. The molecule has 1 aliphatic rings. The van der Waals surface area contributed by atoms with Gasteiger partial charge in [-0.05, 0) is 12.5 Å². The second-order valence-electron chi connectivity index (χ2n) is 3.40. The van der Waals surface area contributed by atoms with E-state index in [1.165, 1.54) is 5.56 Å². The molecule has 2 heteroatoms. The number of hydrogen-bond acceptors (Lipinski definition) is 2. The molecule has 70 valence electrons. The molecule has 0 radical (unpaired) electrons. The van der Waals surface area contributed by atoms with Gasteiger partial charge in [-0.2, -0.15) is 0 Å². The average molecular weight is 178 g/mol. The average Bonchev–Trinajstić information content (AvgIpc) is 2.19. The summed E-state index contributed by atoms with van der Waals surface area (Å²) in [6, 6.07) is 10.3. The van der Waals surface area contributed by atoms with Crippen molar-refractivity contribution in [3.05, 3.63) is 35.9 Å². The minimum atomic E-state index is 0.213. The van der Waals surface area contributed by atoms with Crippen LogP contribution < -0.4 is 0 Å². The molecule has 2 rings (SSSR count). The van der Waals surface area contributed by atoms with Crippen molar-refractivity contribution >= 4 is 0 Å². The van der Waals surface area contributed by atoms with Crippen molar-refractivity contribution in [2.24, 2.45) is 0 Å². The van der Waals surface area contributed by atoms with E-state index in [1.807, 2.05) is 18.2 Å². The first kappa shape index (κ1) is 8.73. The van der Waals surface area contributed by atoms with Gasteiger partial charge in [-0.3, -0.25) is 0 Å². The third-order valence-corrected chi connectivity index (χ3v) is 2.34. The van der Waals surface area contributed by atoms with Crippen LogP contribution in [-0.4, -0.2) is 12.9 Å². The summed E-state index contributed by atoms with van der Waals surface area (Å²) in [6.07, 6.45) is 1.47. The molecule has 1 aliphatic heterocycles. The van der Waals surface area contributed by atoms with Crippen molar-refractivity contribution in [1.29, 1.82) is 0 Å². The largest absolute Gasteiger partial charge is 0.352 e. The van der Waals surface area contributed by atoms with E-state index < -0.39 is 0 Å². The monoisotopic (exact) mass is 178 g/mol. The molecule has 1 fully saturated rings. The van der Waals surface area contributed by atoms with Gasteiger partial charge < -0.3 is 9.47 Å². The standard InChI is InChI=1S/C11H14O2/c1-9-7-11(13-8-12-9)10-5-3-2-4-6-10/h2-6,9,11H,7-8H2,1H3/t9-,11-/m0/s1. The zero-order chi connectivity index (χ0) is 9.10. The predicted molar refractivity (Wildman–Crippen MR) is 50.3 cm³/mol. The highest BCUT2D eigenvalue weighted by molar-refractivity contribution is 5.17. The molecule has 1 heterocycles. The predicted octanol–water partition coefficient (Wildman–Crippen LogP) is 2.51. The molecule has 0 aromatic heterocycles. The fourth-order valence-electron chi connectivity index (χ4n) is 1.58. The topological polar surface area (TPSA) is 18.5 Å². The van der Waals surface area contributed by atoms with Gasteiger partial charge in [-0.15, -0.1) is 0 Å². The van der Waals surface area contributed by atoms with E-state index in [-0.39, 0.29) is 6.10 Å². The normalized spacial score (nSPS) is 28.7. The Morgan fingerprint density at radius 1 is 1.15 bits per heavy atom. The summed E-state index contributed by atoms with van der Waals surface area (Å²) < 4.78 is 10.8. The third kappa shape index (κ3) is 2.08. The van der Waals surface area contributed by atoms with Crippen LogP contribution in [0.15, 0.2) is 30.3 Å². The molecule has 0 spiro atoms. The number of hydrogen-bond donors (Lipinski definition) is 0. The van der Waals surface area contributed by atoms with Crippen molar-refractivity contribution in [2.45, 2.75) is 25.6 Å². The second kappa shape index (κ2) is 3.90. The van der Waals surface area contributed by atoms with Crippen LogP contribution in [0, 0.1) is 0 Å². The fraction of sp³-hybridized carbons (Fsp3) is 0.455. The quantitative estimate of drug-likeness (QED) is 0.657.